The summed E-state index contributed by atoms with van der Waals surface area (Å²) >= 11 is 6.12. The van der Waals surface area contributed by atoms with Crippen LogP contribution in [-0.2, 0) is 9.31 Å². The molecule has 10 nitrogen and oxygen atoms in total. The first kappa shape index (κ1) is 57.7. The van der Waals surface area contributed by atoms with Crippen LogP contribution >= 0.6 is 11.6 Å². The predicted octanol–water partition coefficient (Wildman–Crippen LogP) is 22.2. The summed E-state index contributed by atoms with van der Waals surface area (Å²) in [6, 6.07) is 93.0. The molecular weight excluding hydrogens is 1230 g/mol. The van der Waals surface area contributed by atoms with Gasteiger partial charge in [-0.25, -0.2) is 9.97 Å². The van der Waals surface area contributed by atoms with Crippen molar-refractivity contribution in [2.24, 2.45) is 0 Å². The van der Waals surface area contributed by atoms with Gasteiger partial charge in [-0.1, -0.05) is 218 Å². The topological polar surface area (TPSA) is 106 Å². The Morgan fingerprint density at radius 2 is 0.765 bits per heavy atom. The van der Waals surface area contributed by atoms with E-state index in [1.165, 1.54) is 64.6 Å². The van der Waals surface area contributed by atoms with Gasteiger partial charge < -0.3 is 27.3 Å². The lowest BCUT2D eigenvalue weighted by Crippen LogP contribution is -2.41. The SMILES string of the molecule is CC1(C)OB(c2ccccc2)OC1(C)C.Clc1cnc2cc(-n3c4ccccc4c4c5ccccc5c5c(oc6ccc7ccccc7c65)c43)ccc2n1.c1ccc(-c2cnc3cc(-n4c5ccccc5c5c6ccccc6c6c(oc7ccc8ccccc8c76)c54)ccc3n2)cc1. The lowest BCUT2D eigenvalue weighted by molar-refractivity contribution is 0.00578. The van der Waals surface area contributed by atoms with E-state index in [4.69, 9.17) is 39.7 Å². The second-order valence-electron chi connectivity index (χ2n) is 26.3. The molecule has 0 spiro atoms. The fourth-order valence-corrected chi connectivity index (χ4v) is 15.1. The van der Waals surface area contributed by atoms with Gasteiger partial charge in [-0.15, -0.1) is 0 Å². The molecule has 466 valence electrons. The molecule has 0 saturated carbocycles. The van der Waals surface area contributed by atoms with Crippen molar-refractivity contribution in [1.29, 1.82) is 0 Å². The van der Waals surface area contributed by atoms with Gasteiger partial charge in [0.15, 0.2) is 11.2 Å². The minimum Gasteiger partial charge on any atom is -0.454 e. The fourth-order valence-electron chi connectivity index (χ4n) is 15.0. The van der Waals surface area contributed by atoms with E-state index in [1.54, 1.807) is 6.20 Å². The number of halogens is 1. The third-order valence-corrected chi connectivity index (χ3v) is 20.4. The third-order valence-electron chi connectivity index (χ3n) is 20.2. The maximum atomic E-state index is 6.88. The van der Waals surface area contributed by atoms with Crippen molar-refractivity contribution in [2.75, 3.05) is 0 Å². The molecule has 1 aliphatic rings. The molecule has 21 rings (SSSR count). The van der Waals surface area contributed by atoms with E-state index in [9.17, 15) is 0 Å². The summed E-state index contributed by atoms with van der Waals surface area (Å²) in [5.74, 6) is 0. The average molecular weight is 1290 g/mol. The molecule has 1 aliphatic heterocycles. The number of hydrogen-bond acceptors (Lipinski definition) is 8. The zero-order valence-electron chi connectivity index (χ0n) is 53.8. The monoisotopic (exact) mass is 1280 g/mol. The van der Waals surface area contributed by atoms with E-state index in [0.29, 0.717) is 5.15 Å². The highest BCUT2D eigenvalue weighted by Crippen LogP contribution is 2.50. The Bertz CT molecular complexity index is 6660. The van der Waals surface area contributed by atoms with Gasteiger partial charge in [0.1, 0.15) is 16.3 Å². The number of aromatic nitrogens is 6. The maximum absolute atomic E-state index is 6.88. The molecule has 6 aromatic heterocycles. The van der Waals surface area contributed by atoms with Crippen LogP contribution in [0.25, 0.3) is 175 Å². The maximum Gasteiger partial charge on any atom is 0.494 e. The van der Waals surface area contributed by atoms with Crippen molar-refractivity contribution < 1.29 is 18.1 Å². The molecule has 1 saturated heterocycles. The molecule has 0 atom stereocenters. The van der Waals surface area contributed by atoms with E-state index < -0.39 is 0 Å². The van der Waals surface area contributed by atoms with Crippen molar-refractivity contribution in [3.63, 3.8) is 0 Å². The van der Waals surface area contributed by atoms with Crippen LogP contribution < -0.4 is 5.46 Å². The van der Waals surface area contributed by atoms with E-state index in [2.05, 4.69) is 259 Å². The summed E-state index contributed by atoms with van der Waals surface area (Å²) in [6.07, 6.45) is 3.46. The van der Waals surface area contributed by atoms with Gasteiger partial charge in [0.25, 0.3) is 0 Å². The Labute approximate surface area is 566 Å². The van der Waals surface area contributed by atoms with Crippen LogP contribution in [0.3, 0.4) is 0 Å². The number of benzene rings is 14. The molecule has 0 radical (unpaired) electrons. The zero-order chi connectivity index (χ0) is 65.5. The first-order valence-corrected chi connectivity index (χ1v) is 33.4. The minimum absolute atomic E-state index is 0.240. The largest absolute Gasteiger partial charge is 0.494 e. The van der Waals surface area contributed by atoms with Crippen LogP contribution in [0.1, 0.15) is 27.7 Å². The van der Waals surface area contributed by atoms with Gasteiger partial charge in [-0.3, -0.25) is 9.97 Å². The van der Waals surface area contributed by atoms with Crippen molar-refractivity contribution in [3.8, 4) is 22.6 Å². The van der Waals surface area contributed by atoms with Crippen molar-refractivity contribution in [2.45, 2.75) is 38.9 Å². The molecule has 0 aliphatic carbocycles. The fraction of sp³-hybridized carbons (Fsp3) is 0.0698. The Morgan fingerprint density at radius 1 is 0.357 bits per heavy atom. The van der Waals surface area contributed by atoms with Gasteiger partial charge in [0.05, 0.1) is 73.4 Å². The second kappa shape index (κ2) is 22.2. The number of para-hydroxylation sites is 2. The Morgan fingerprint density at radius 3 is 1.27 bits per heavy atom. The highest BCUT2D eigenvalue weighted by molar-refractivity contribution is 6.62. The average Bonchev–Trinajstić information content (AvgIpc) is 1.53. The molecule has 7 heterocycles. The minimum atomic E-state index is -0.256. The highest BCUT2D eigenvalue weighted by atomic mass is 35.5. The van der Waals surface area contributed by atoms with E-state index in [0.717, 1.165) is 116 Å². The van der Waals surface area contributed by atoms with Gasteiger partial charge in [-0.2, -0.15) is 0 Å². The molecule has 1 fully saturated rings. The lowest BCUT2D eigenvalue weighted by atomic mass is 9.79. The van der Waals surface area contributed by atoms with Crippen LogP contribution in [0, 0.1) is 0 Å². The van der Waals surface area contributed by atoms with Crippen LogP contribution in [0.15, 0.2) is 288 Å². The number of furan rings is 2. The Kier molecular flexibility index (Phi) is 13.1. The molecule has 20 aromatic rings. The van der Waals surface area contributed by atoms with E-state index in [-0.39, 0.29) is 18.3 Å². The van der Waals surface area contributed by atoms with Gasteiger partial charge in [-0.05, 0) is 137 Å². The van der Waals surface area contributed by atoms with E-state index in [1.807, 2.05) is 60.8 Å². The van der Waals surface area contributed by atoms with E-state index >= 15 is 0 Å². The highest BCUT2D eigenvalue weighted by Gasteiger charge is 2.51. The Hall–Kier alpha value is -11.7. The molecular formula is C86H58BClN6O4. The first-order valence-electron chi connectivity index (χ1n) is 33.0. The molecule has 12 heteroatoms. The molecule has 0 unspecified atom stereocenters. The van der Waals surface area contributed by atoms with Crippen LogP contribution in [0.2, 0.25) is 5.15 Å². The van der Waals surface area contributed by atoms with Crippen LogP contribution in [-0.4, -0.2) is 47.4 Å². The van der Waals surface area contributed by atoms with Gasteiger partial charge >= 0.3 is 7.12 Å². The number of rotatable bonds is 4. The normalized spacial score (nSPS) is 13.8. The van der Waals surface area contributed by atoms with Gasteiger partial charge in [0, 0.05) is 60.0 Å². The predicted molar refractivity (Wildman–Crippen MR) is 405 cm³/mol. The summed E-state index contributed by atoms with van der Waals surface area (Å²) in [6.45, 7) is 8.26. The lowest BCUT2D eigenvalue weighted by Gasteiger charge is -2.32. The second-order valence-corrected chi connectivity index (χ2v) is 26.7. The van der Waals surface area contributed by atoms with Crippen molar-refractivity contribution >= 4 is 177 Å². The molecule has 0 N–H and O–H groups in total. The number of nitrogens with zero attached hydrogens (tertiary/aromatic N) is 6. The van der Waals surface area contributed by atoms with Crippen molar-refractivity contribution in [1.82, 2.24) is 29.1 Å². The quantitative estimate of drug-likeness (QED) is 0.160. The summed E-state index contributed by atoms with van der Waals surface area (Å²) in [5.41, 5.74) is 15.7. The van der Waals surface area contributed by atoms with Crippen molar-refractivity contribution in [3.05, 3.63) is 284 Å². The number of hydrogen-bond donors (Lipinski definition) is 0. The first-order chi connectivity index (χ1) is 48.0. The molecule has 0 amide bonds. The van der Waals surface area contributed by atoms with Crippen LogP contribution in [0.5, 0.6) is 0 Å². The molecule has 98 heavy (non-hydrogen) atoms. The van der Waals surface area contributed by atoms with Gasteiger partial charge in [0.2, 0.25) is 0 Å². The summed E-state index contributed by atoms with van der Waals surface area (Å²) < 4.78 is 30.2. The Balaban J connectivity index is 0.000000114. The smallest absolute Gasteiger partial charge is 0.454 e. The third kappa shape index (κ3) is 8.97. The summed E-state index contributed by atoms with van der Waals surface area (Å²) in [4.78, 5) is 18.8. The summed E-state index contributed by atoms with van der Waals surface area (Å²) in [7, 11) is -0.240. The zero-order valence-corrected chi connectivity index (χ0v) is 54.6. The van der Waals surface area contributed by atoms with Crippen LogP contribution in [0.4, 0.5) is 0 Å². The molecule has 0 bridgehead atoms. The molecule has 14 aromatic carbocycles. The summed E-state index contributed by atoms with van der Waals surface area (Å²) in [5, 5.41) is 19.3. The standard InChI is InChI=1S/C40H23N3O.C34H18ClN3O.C12H17BO2/c1-2-11-25(12-3-1)33-23-41-32-22-26(19-20-31(32)42-33)43-34-17-9-8-16-30(34)36-28-14-6-7-15-29(28)38-37-27-13-5-4-10-24(27)18-21-35(37)44-40(38)39(36)43;35-29-18-36-26-17-20(14-15-25(26)37-29)38-27-12-6-5-11-24(27)30-22-9-3-4-10-23(22)32-31-21-8-2-1-7-19(21)13-16-28(31)39-34(32)33(30)38;1-11(2)12(3,4)15-13(14-11)10-8-6-5-7-9-10/h1-23H;1-18H;5-9H,1-4H3. The number of fused-ring (bicyclic) bond motifs is 26.